The highest BCUT2D eigenvalue weighted by molar-refractivity contribution is 5.33. The molecule has 0 aromatic rings. The lowest BCUT2D eigenvalue weighted by atomic mass is 9.49. The minimum Gasteiger partial charge on any atom is -0.393 e. The maximum Gasteiger partial charge on any atom is 0.196 e. The van der Waals surface area contributed by atoms with Gasteiger partial charge in [0.25, 0.3) is 0 Å². The third kappa shape index (κ3) is 2.46. The summed E-state index contributed by atoms with van der Waals surface area (Å²) in [5.74, 6) is -4.29. The number of aliphatic hydroxyl groups is 7. The SMILES string of the molecule is C[C@H]1CC[C@@H]2N(C1)C[C@@H]1[C@H]([C@@H](O)[C@H](O)[C@@]3(O)[C@@H]4[C@H](O)C[C@@H]5[C@]6(O)OC4(C[C@@H]13)[C@@]5(C)CC[C@@H]6O)[C@]2(C)O. The molecule has 4 saturated carbocycles. The summed E-state index contributed by atoms with van der Waals surface area (Å²) >= 11 is 0. The van der Waals surface area contributed by atoms with E-state index in [9.17, 15) is 35.7 Å². The minimum atomic E-state index is -1.85. The van der Waals surface area contributed by atoms with Crippen molar-refractivity contribution in [2.45, 2.75) is 112 Å². The van der Waals surface area contributed by atoms with Crippen molar-refractivity contribution in [2.24, 2.45) is 40.9 Å². The van der Waals surface area contributed by atoms with Crippen molar-refractivity contribution < 1.29 is 40.5 Å². The maximum atomic E-state index is 12.5. The molecule has 16 atom stereocenters. The number of hydrogen-bond acceptors (Lipinski definition) is 9. The first-order chi connectivity index (χ1) is 16.7. The average Bonchev–Trinajstić information content (AvgIpc) is 3.08. The second-order valence-electron chi connectivity index (χ2n) is 14.2. The van der Waals surface area contributed by atoms with Gasteiger partial charge in [0.1, 0.15) is 17.8 Å². The van der Waals surface area contributed by atoms with Crippen LogP contribution in [0.1, 0.15) is 59.3 Å². The van der Waals surface area contributed by atoms with Crippen LogP contribution < -0.4 is 0 Å². The molecule has 1 spiro atoms. The van der Waals surface area contributed by atoms with E-state index in [0.29, 0.717) is 31.7 Å². The molecule has 0 amide bonds. The van der Waals surface area contributed by atoms with Crippen molar-refractivity contribution >= 4 is 0 Å². The molecule has 9 heteroatoms. The molecular weight excluding hydrogens is 466 g/mol. The first-order valence-corrected chi connectivity index (χ1v) is 14.1. The molecule has 7 rings (SSSR count). The molecule has 36 heavy (non-hydrogen) atoms. The Balaban J connectivity index is 1.37. The Hall–Kier alpha value is -0.360. The highest BCUT2D eigenvalue weighted by Crippen LogP contribution is 2.76. The Labute approximate surface area is 212 Å². The van der Waals surface area contributed by atoms with E-state index in [4.69, 9.17) is 4.74 Å². The minimum absolute atomic E-state index is 0.130. The van der Waals surface area contributed by atoms with Gasteiger partial charge in [-0.1, -0.05) is 13.8 Å². The van der Waals surface area contributed by atoms with Crippen LogP contribution in [0.25, 0.3) is 0 Å². The van der Waals surface area contributed by atoms with Crippen molar-refractivity contribution in [1.82, 2.24) is 4.90 Å². The summed E-state index contributed by atoms with van der Waals surface area (Å²) in [6.07, 6.45) is -1.92. The predicted molar refractivity (Wildman–Crippen MR) is 126 cm³/mol. The van der Waals surface area contributed by atoms with Crippen LogP contribution in [0.4, 0.5) is 0 Å². The van der Waals surface area contributed by atoms with Crippen LogP contribution in [-0.4, -0.2) is 107 Å². The number of aliphatic hydroxyl groups excluding tert-OH is 4. The van der Waals surface area contributed by atoms with E-state index in [0.717, 1.165) is 19.4 Å². The lowest BCUT2D eigenvalue weighted by molar-refractivity contribution is -0.295. The molecule has 9 nitrogen and oxygen atoms in total. The largest absolute Gasteiger partial charge is 0.393 e. The fraction of sp³-hybridized carbons (Fsp3) is 1.00. The zero-order valence-electron chi connectivity index (χ0n) is 21.5. The second-order valence-corrected chi connectivity index (χ2v) is 14.2. The summed E-state index contributed by atoms with van der Waals surface area (Å²) in [7, 11) is 0. The molecule has 3 heterocycles. The Kier molecular flexibility index (Phi) is 4.82. The van der Waals surface area contributed by atoms with Gasteiger partial charge in [0, 0.05) is 42.3 Å². The maximum absolute atomic E-state index is 12.5. The molecule has 4 aliphatic carbocycles. The summed E-state index contributed by atoms with van der Waals surface area (Å²) in [5.41, 5.74) is -4.88. The number of piperidine rings is 2. The van der Waals surface area contributed by atoms with Gasteiger partial charge >= 0.3 is 0 Å². The number of ether oxygens (including phenoxy) is 1. The van der Waals surface area contributed by atoms with E-state index in [-0.39, 0.29) is 18.4 Å². The number of fused-ring (bicyclic) bond motifs is 5. The van der Waals surface area contributed by atoms with Crippen molar-refractivity contribution in [3.05, 3.63) is 0 Å². The lowest BCUT2D eigenvalue weighted by Gasteiger charge is -2.63. The number of rotatable bonds is 0. The fourth-order valence-electron chi connectivity index (χ4n) is 11.4. The first kappa shape index (κ1) is 24.7. The summed E-state index contributed by atoms with van der Waals surface area (Å²) in [5, 5.41) is 81.4. The molecule has 3 saturated heterocycles. The molecule has 3 aliphatic heterocycles. The van der Waals surface area contributed by atoms with Gasteiger partial charge in [0.15, 0.2) is 5.79 Å². The summed E-state index contributed by atoms with van der Waals surface area (Å²) in [6, 6.07) is -0.130. The first-order valence-electron chi connectivity index (χ1n) is 14.1. The smallest absolute Gasteiger partial charge is 0.196 e. The zero-order chi connectivity index (χ0) is 25.8. The van der Waals surface area contributed by atoms with Crippen LogP contribution in [0.15, 0.2) is 0 Å². The highest BCUT2D eigenvalue weighted by atomic mass is 16.7. The molecule has 0 radical (unpaired) electrons. The van der Waals surface area contributed by atoms with E-state index >= 15 is 0 Å². The normalized spacial score (nSPS) is 68.0. The summed E-state index contributed by atoms with van der Waals surface area (Å²) < 4.78 is 6.51. The van der Waals surface area contributed by atoms with Crippen molar-refractivity contribution in [3.63, 3.8) is 0 Å². The Bertz CT molecular complexity index is 964. The van der Waals surface area contributed by atoms with Gasteiger partial charge in [-0.3, -0.25) is 4.90 Å². The molecule has 7 N–H and O–H groups in total. The third-order valence-corrected chi connectivity index (χ3v) is 12.8. The second kappa shape index (κ2) is 7.04. The number of hydrogen-bond donors (Lipinski definition) is 7. The van der Waals surface area contributed by atoms with Gasteiger partial charge in [-0.15, -0.1) is 0 Å². The highest BCUT2D eigenvalue weighted by Gasteiger charge is 2.86. The van der Waals surface area contributed by atoms with E-state index in [2.05, 4.69) is 11.8 Å². The molecule has 0 aromatic carbocycles. The van der Waals surface area contributed by atoms with Crippen LogP contribution in [0.5, 0.6) is 0 Å². The quantitative estimate of drug-likeness (QED) is 0.222. The van der Waals surface area contributed by atoms with Gasteiger partial charge in [-0.2, -0.15) is 0 Å². The van der Waals surface area contributed by atoms with Crippen molar-refractivity contribution in [1.29, 1.82) is 0 Å². The molecule has 4 bridgehead atoms. The van der Waals surface area contributed by atoms with Crippen LogP contribution in [0, 0.1) is 40.9 Å². The van der Waals surface area contributed by atoms with E-state index < -0.39 is 76.1 Å². The standard InChI is InChI=1S/C27H43NO8/c1-12-4-5-17-24(3,33)19-13(11-28(17)10-12)14-9-25-21(26(14,34)22(32)20(19)31)15(29)8-16-23(25,2)7-6-18(30)27(16,35)36-25/h12-22,29-35H,4-11H2,1-3H3/t12-,13-,14-,15+,16-,17-,18-,19+,20+,21+,22-,23-,24+,25?,26-,27-/m0/s1. The summed E-state index contributed by atoms with van der Waals surface area (Å²) in [6.45, 7) is 7.40. The average molecular weight is 510 g/mol. The number of nitrogens with zero attached hydrogens (tertiary/aromatic N) is 1. The topological polar surface area (TPSA) is 154 Å². The van der Waals surface area contributed by atoms with Gasteiger partial charge < -0.3 is 40.5 Å². The molecule has 204 valence electrons. The summed E-state index contributed by atoms with van der Waals surface area (Å²) in [4.78, 5) is 2.30. The Morgan fingerprint density at radius 3 is 2.39 bits per heavy atom. The molecular formula is C27H43NO8. The van der Waals surface area contributed by atoms with Gasteiger partial charge in [-0.25, -0.2) is 0 Å². The van der Waals surface area contributed by atoms with Crippen LogP contribution in [0.3, 0.4) is 0 Å². The van der Waals surface area contributed by atoms with E-state index in [1.54, 1.807) is 6.92 Å². The van der Waals surface area contributed by atoms with Crippen LogP contribution >= 0.6 is 0 Å². The predicted octanol–water partition coefficient (Wildman–Crippen LogP) is -0.814. The Morgan fingerprint density at radius 2 is 1.67 bits per heavy atom. The Morgan fingerprint density at radius 1 is 0.944 bits per heavy atom. The van der Waals surface area contributed by atoms with Crippen LogP contribution in [-0.2, 0) is 4.74 Å². The van der Waals surface area contributed by atoms with Crippen molar-refractivity contribution in [3.8, 4) is 0 Å². The van der Waals surface area contributed by atoms with Gasteiger partial charge in [0.2, 0.25) is 0 Å². The van der Waals surface area contributed by atoms with Gasteiger partial charge in [0.05, 0.1) is 23.4 Å². The van der Waals surface area contributed by atoms with Crippen molar-refractivity contribution in [2.75, 3.05) is 13.1 Å². The molecule has 7 aliphatic rings. The van der Waals surface area contributed by atoms with E-state index in [1.165, 1.54) is 0 Å². The molecule has 0 aromatic heterocycles. The zero-order valence-corrected chi connectivity index (χ0v) is 21.5. The monoisotopic (exact) mass is 509 g/mol. The molecule has 7 fully saturated rings. The fourth-order valence-corrected chi connectivity index (χ4v) is 11.4. The van der Waals surface area contributed by atoms with Gasteiger partial charge in [-0.05, 0) is 63.2 Å². The van der Waals surface area contributed by atoms with E-state index in [1.807, 2.05) is 6.92 Å². The third-order valence-electron chi connectivity index (χ3n) is 12.8. The lowest BCUT2D eigenvalue weighted by Crippen LogP contribution is -2.76. The van der Waals surface area contributed by atoms with Crippen LogP contribution in [0.2, 0.25) is 0 Å². The molecule has 1 unspecified atom stereocenters.